The fraction of sp³-hybridized carbons (Fsp3) is 0.200. The third-order valence-electron chi connectivity index (χ3n) is 6.64. The van der Waals surface area contributed by atoms with E-state index < -0.39 is 30.5 Å². The molecule has 0 spiro atoms. The lowest BCUT2D eigenvalue weighted by atomic mass is 9.93. The molecule has 3 aromatic carbocycles. The Morgan fingerprint density at radius 2 is 1.59 bits per heavy atom. The van der Waals surface area contributed by atoms with E-state index in [1.165, 1.54) is 35.5 Å². The minimum atomic E-state index is -4.85. The third-order valence-corrected chi connectivity index (χ3v) is 9.02. The average Bonchev–Trinajstić information content (AvgIpc) is 3.10. The Labute approximate surface area is 224 Å². The first-order chi connectivity index (χ1) is 18.7. The Bertz CT molecular complexity index is 1710. The van der Waals surface area contributed by atoms with Gasteiger partial charge in [-0.15, -0.1) is 14.7 Å². The summed E-state index contributed by atoms with van der Waals surface area (Å²) in [5, 5.41) is 12.3. The molecule has 2 aliphatic rings. The molecule has 1 atom stereocenters. The van der Waals surface area contributed by atoms with Gasteiger partial charge in [-0.05, 0) is 84.2 Å². The van der Waals surface area contributed by atoms with E-state index in [1.54, 1.807) is 0 Å². The van der Waals surface area contributed by atoms with Gasteiger partial charge in [0, 0.05) is 30.5 Å². The second-order valence-electron chi connectivity index (χ2n) is 9.26. The van der Waals surface area contributed by atoms with Crippen molar-refractivity contribution in [1.29, 1.82) is 0 Å². The summed E-state index contributed by atoms with van der Waals surface area (Å²) in [7, 11) is -8.81. The van der Waals surface area contributed by atoms with Gasteiger partial charge in [0.05, 0.1) is 16.3 Å². The van der Waals surface area contributed by atoms with Crippen molar-refractivity contribution in [3.8, 4) is 0 Å². The molecule has 0 saturated carbocycles. The van der Waals surface area contributed by atoms with Crippen LogP contribution in [-0.2, 0) is 16.5 Å². The smallest absolute Gasteiger partial charge is 0.295 e. The fourth-order valence-corrected chi connectivity index (χ4v) is 6.38. The lowest BCUT2D eigenvalue weighted by molar-refractivity contribution is 0.484. The summed E-state index contributed by atoms with van der Waals surface area (Å²) in [6.45, 7) is 2.18. The Kier molecular flexibility index (Phi) is 6.92. The molecule has 1 unspecified atom stereocenters. The van der Waals surface area contributed by atoms with Crippen LogP contribution in [0.4, 0.5) is 17.1 Å². The number of nitroso groups, excluding NO2 is 3. The maximum absolute atomic E-state index is 12.1. The maximum Gasteiger partial charge on any atom is 0.295 e. The molecule has 14 heteroatoms. The van der Waals surface area contributed by atoms with Crippen molar-refractivity contribution in [2.45, 2.75) is 36.0 Å². The predicted octanol–water partition coefficient (Wildman–Crippen LogP) is 7.92. The fourth-order valence-electron chi connectivity index (χ4n) is 4.68. The van der Waals surface area contributed by atoms with Gasteiger partial charge in [0.2, 0.25) is 0 Å². The Morgan fingerprint density at radius 3 is 2.28 bits per heavy atom. The lowest BCUT2D eigenvalue weighted by Crippen LogP contribution is -2.09. The van der Waals surface area contributed by atoms with E-state index in [-0.39, 0.29) is 16.5 Å². The summed E-state index contributed by atoms with van der Waals surface area (Å²) in [5.74, 6) is 0.481. The SMILES string of the molecule is CC1C=CC2=C(C1)Nc1ccc(N=Nc3ccc4cc(S(N=O)(N=O)N=O)cc(S(=O)(=O)O)c4c3)cc1CC2. The second kappa shape index (κ2) is 10.2. The highest BCUT2D eigenvalue weighted by Gasteiger charge is 2.33. The Balaban J connectivity index is 1.48. The molecule has 0 bridgehead atoms. The number of nitrogens with zero attached hydrogens (tertiary/aromatic N) is 5. The Hall–Kier alpha value is -4.14. The first-order valence-corrected chi connectivity index (χ1v) is 14.7. The molecule has 0 fully saturated rings. The first-order valence-electron chi connectivity index (χ1n) is 11.8. The van der Waals surface area contributed by atoms with Crippen molar-refractivity contribution < 1.29 is 13.0 Å². The van der Waals surface area contributed by atoms with Crippen LogP contribution in [0, 0.1) is 20.6 Å². The number of benzene rings is 3. The molecule has 1 aliphatic heterocycles. The molecular weight excluding hydrogens is 544 g/mol. The highest BCUT2D eigenvalue weighted by Crippen LogP contribution is 2.60. The van der Waals surface area contributed by atoms with Crippen LogP contribution in [0.3, 0.4) is 0 Å². The number of rotatable bonds is 7. The standard InChI is InChI=1S/C25H22N6O6S2/c1-15-2-3-16-4-5-18-11-19(8-9-23(18)26-24(16)10-15)27-28-20-7-6-17-12-21(38(29-32,30-33)31-34)14-25(22(17)13-20)39(35,36)37/h2-3,6-9,11-15,26H,4-5,10H2,1H3,(H,35,36,37). The van der Waals surface area contributed by atoms with Crippen LogP contribution in [0.1, 0.15) is 25.3 Å². The van der Waals surface area contributed by atoms with Crippen molar-refractivity contribution >= 4 is 48.5 Å². The van der Waals surface area contributed by atoms with E-state index in [0.29, 0.717) is 11.6 Å². The van der Waals surface area contributed by atoms with Crippen molar-refractivity contribution in [2.24, 2.45) is 29.9 Å². The minimum absolute atomic E-state index is 0.0266. The van der Waals surface area contributed by atoms with Crippen LogP contribution in [-0.4, -0.2) is 13.0 Å². The molecule has 12 nitrogen and oxygen atoms in total. The molecule has 1 aliphatic carbocycles. The molecule has 1 heterocycles. The van der Waals surface area contributed by atoms with E-state index in [1.807, 2.05) is 18.2 Å². The number of nitrogens with one attached hydrogen (secondary N) is 1. The number of hydrogen-bond acceptors (Lipinski definition) is 11. The summed E-state index contributed by atoms with van der Waals surface area (Å²) in [5.41, 5.74) is 5.55. The van der Waals surface area contributed by atoms with Gasteiger partial charge >= 0.3 is 0 Å². The summed E-state index contributed by atoms with van der Waals surface area (Å²) in [6, 6.07) is 12.1. The molecule has 0 amide bonds. The van der Waals surface area contributed by atoms with Crippen LogP contribution in [0.2, 0.25) is 0 Å². The van der Waals surface area contributed by atoms with Crippen LogP contribution in [0.15, 0.2) is 106 Å². The van der Waals surface area contributed by atoms with Gasteiger partial charge in [-0.3, -0.25) is 4.55 Å². The van der Waals surface area contributed by atoms with Gasteiger partial charge < -0.3 is 5.32 Å². The van der Waals surface area contributed by atoms with Gasteiger partial charge in [-0.25, -0.2) is 0 Å². The number of anilines is 1. The highest BCUT2D eigenvalue weighted by molar-refractivity contribution is 8.30. The quantitative estimate of drug-likeness (QED) is 0.165. The zero-order chi connectivity index (χ0) is 27.8. The largest absolute Gasteiger partial charge is 0.358 e. The van der Waals surface area contributed by atoms with Gasteiger partial charge in [-0.1, -0.05) is 25.1 Å². The van der Waals surface area contributed by atoms with Crippen LogP contribution < -0.4 is 5.32 Å². The number of hydrogen-bond donors (Lipinski definition) is 2. The zero-order valence-electron chi connectivity index (χ0n) is 20.5. The molecule has 5 rings (SSSR count). The molecule has 3 aromatic rings. The Morgan fingerprint density at radius 1 is 0.897 bits per heavy atom. The summed E-state index contributed by atoms with van der Waals surface area (Å²) >= 11 is 0. The lowest BCUT2D eigenvalue weighted by Gasteiger charge is -2.19. The number of fused-ring (bicyclic) bond motifs is 2. The first kappa shape index (κ1) is 26.5. The highest BCUT2D eigenvalue weighted by atomic mass is 32.3. The van der Waals surface area contributed by atoms with Crippen LogP contribution in [0.5, 0.6) is 0 Å². The van der Waals surface area contributed by atoms with E-state index >= 15 is 0 Å². The molecule has 2 N–H and O–H groups in total. The molecule has 0 aromatic heterocycles. The maximum atomic E-state index is 12.1. The molecule has 0 radical (unpaired) electrons. The van der Waals surface area contributed by atoms with Crippen LogP contribution >= 0.6 is 10.6 Å². The van der Waals surface area contributed by atoms with E-state index in [2.05, 4.69) is 48.4 Å². The van der Waals surface area contributed by atoms with Gasteiger partial charge in [0.25, 0.3) is 10.1 Å². The summed E-state index contributed by atoms with van der Waals surface area (Å²) in [6.07, 6.45) is 7.13. The summed E-state index contributed by atoms with van der Waals surface area (Å²) in [4.78, 5) is 32.5. The molecule has 0 saturated heterocycles. The van der Waals surface area contributed by atoms with E-state index in [9.17, 15) is 27.7 Å². The minimum Gasteiger partial charge on any atom is -0.358 e. The predicted molar refractivity (Wildman–Crippen MR) is 150 cm³/mol. The topological polar surface area (TPSA) is 179 Å². The summed E-state index contributed by atoms with van der Waals surface area (Å²) < 4.78 is 41.4. The van der Waals surface area contributed by atoms with Crippen LogP contribution in [0.25, 0.3) is 10.8 Å². The van der Waals surface area contributed by atoms with Gasteiger partial charge in [-0.2, -0.15) is 18.6 Å². The number of aryl methyl sites for hydroxylation is 1. The van der Waals surface area contributed by atoms with Crippen molar-refractivity contribution in [2.75, 3.05) is 5.32 Å². The molecular formula is C25H22N6O6S2. The third kappa shape index (κ3) is 5.13. The van der Waals surface area contributed by atoms with E-state index in [0.717, 1.165) is 36.6 Å². The van der Waals surface area contributed by atoms with Gasteiger partial charge in [0.15, 0.2) is 10.6 Å². The van der Waals surface area contributed by atoms with Crippen molar-refractivity contribution in [1.82, 2.24) is 0 Å². The van der Waals surface area contributed by atoms with Crippen molar-refractivity contribution in [3.63, 3.8) is 0 Å². The normalized spacial score (nSPS) is 17.7. The molecule has 200 valence electrons. The van der Waals surface area contributed by atoms with Crippen molar-refractivity contribution in [3.05, 3.63) is 92.2 Å². The van der Waals surface area contributed by atoms with Gasteiger partial charge in [0.1, 0.15) is 4.90 Å². The second-order valence-corrected chi connectivity index (χ2v) is 12.6. The van der Waals surface area contributed by atoms with E-state index in [4.69, 9.17) is 0 Å². The number of azo groups is 1. The monoisotopic (exact) mass is 566 g/mol. The number of allylic oxidation sites excluding steroid dienone is 4. The zero-order valence-corrected chi connectivity index (χ0v) is 22.1. The molecule has 39 heavy (non-hydrogen) atoms. The average molecular weight is 567 g/mol.